The van der Waals surface area contributed by atoms with E-state index in [0.717, 1.165) is 40.4 Å². The number of benzene rings is 2. The Balaban J connectivity index is 1.53. The predicted molar refractivity (Wildman–Crippen MR) is 140 cm³/mol. The summed E-state index contributed by atoms with van der Waals surface area (Å²) < 4.78 is 43.7. The number of thiophene rings is 1. The Labute approximate surface area is 226 Å². The van der Waals surface area contributed by atoms with Gasteiger partial charge < -0.3 is 15.0 Å². The maximum absolute atomic E-state index is 13.5. The maximum Gasteiger partial charge on any atom is 0.416 e. The fourth-order valence-electron chi connectivity index (χ4n) is 3.91. The molecule has 2 aromatic carbocycles. The molecule has 1 aliphatic rings. The van der Waals surface area contributed by atoms with Gasteiger partial charge in [0.1, 0.15) is 6.54 Å². The van der Waals surface area contributed by atoms with E-state index in [2.05, 4.69) is 10.4 Å². The molecule has 1 N–H and O–H groups in total. The average molecular weight is 565 g/mol. The summed E-state index contributed by atoms with van der Waals surface area (Å²) in [5, 5.41) is 11.0. The SMILES string of the molecule is COCCN(CC(=O)N1N=C(c2cccs2)CC1c1ccc(Cl)cc1)C(=O)Nc1ccc(C(F)(F)F)cc1. The second kappa shape index (κ2) is 12.0. The first-order chi connectivity index (χ1) is 18.2. The Kier molecular flexibility index (Phi) is 8.70. The van der Waals surface area contributed by atoms with Crippen molar-refractivity contribution in [2.24, 2.45) is 5.10 Å². The first kappa shape index (κ1) is 27.6. The van der Waals surface area contributed by atoms with Crippen LogP contribution in [-0.2, 0) is 15.7 Å². The lowest BCUT2D eigenvalue weighted by molar-refractivity contribution is -0.137. The maximum atomic E-state index is 13.5. The zero-order chi connectivity index (χ0) is 27.3. The summed E-state index contributed by atoms with van der Waals surface area (Å²) in [4.78, 5) is 28.7. The number of amides is 3. The van der Waals surface area contributed by atoms with E-state index in [-0.39, 0.29) is 31.4 Å². The van der Waals surface area contributed by atoms with Crippen molar-refractivity contribution in [3.8, 4) is 0 Å². The summed E-state index contributed by atoms with van der Waals surface area (Å²) in [6.45, 7) is -0.0885. The minimum atomic E-state index is -4.49. The number of nitrogens with zero attached hydrogens (tertiary/aromatic N) is 3. The molecule has 38 heavy (non-hydrogen) atoms. The topological polar surface area (TPSA) is 74.2 Å². The highest BCUT2D eigenvalue weighted by Gasteiger charge is 2.35. The predicted octanol–water partition coefficient (Wildman–Crippen LogP) is 6.28. The van der Waals surface area contributed by atoms with Crippen molar-refractivity contribution >= 4 is 46.3 Å². The monoisotopic (exact) mass is 564 g/mol. The normalized spacial score (nSPS) is 15.3. The molecular weight excluding hydrogens is 541 g/mol. The van der Waals surface area contributed by atoms with Crippen LogP contribution in [0.3, 0.4) is 0 Å². The van der Waals surface area contributed by atoms with Gasteiger partial charge in [-0.2, -0.15) is 18.3 Å². The zero-order valence-electron chi connectivity index (χ0n) is 20.2. The highest BCUT2D eigenvalue weighted by Crippen LogP contribution is 2.34. The van der Waals surface area contributed by atoms with Gasteiger partial charge >= 0.3 is 12.2 Å². The molecule has 0 aliphatic carbocycles. The van der Waals surface area contributed by atoms with Crippen LogP contribution in [0.2, 0.25) is 5.02 Å². The molecule has 3 aromatic rings. The minimum Gasteiger partial charge on any atom is -0.383 e. The van der Waals surface area contributed by atoms with Gasteiger partial charge in [0.15, 0.2) is 0 Å². The molecule has 0 spiro atoms. The summed E-state index contributed by atoms with van der Waals surface area (Å²) in [6, 6.07) is 14.0. The van der Waals surface area contributed by atoms with E-state index in [0.29, 0.717) is 11.4 Å². The summed E-state index contributed by atoms with van der Waals surface area (Å²) in [7, 11) is 1.46. The smallest absolute Gasteiger partial charge is 0.383 e. The number of carbonyl (C=O) groups is 2. The Morgan fingerprint density at radius 2 is 1.87 bits per heavy atom. The largest absolute Gasteiger partial charge is 0.416 e. The third-order valence-corrected chi connectivity index (χ3v) is 7.04. The molecule has 0 saturated carbocycles. The summed E-state index contributed by atoms with van der Waals surface area (Å²) in [6.07, 6.45) is -4.00. The Morgan fingerprint density at radius 1 is 1.16 bits per heavy atom. The Morgan fingerprint density at radius 3 is 2.47 bits per heavy atom. The molecule has 200 valence electrons. The standard InChI is InChI=1S/C26H24ClF3N4O3S/c1-37-13-12-33(25(36)31-20-10-6-18(7-11-20)26(28,29)30)16-24(35)34-22(17-4-8-19(27)9-5-17)15-21(32-34)23-3-2-14-38-23/h2-11,14,22H,12-13,15-16H2,1H3,(H,31,36). The van der Waals surface area contributed by atoms with E-state index in [1.807, 2.05) is 29.6 Å². The molecule has 4 rings (SSSR count). The molecule has 3 amide bonds. The van der Waals surface area contributed by atoms with Crippen molar-refractivity contribution in [1.29, 1.82) is 0 Å². The van der Waals surface area contributed by atoms with Crippen molar-refractivity contribution in [2.75, 3.05) is 32.1 Å². The highest BCUT2D eigenvalue weighted by molar-refractivity contribution is 7.12. The summed E-state index contributed by atoms with van der Waals surface area (Å²) >= 11 is 7.57. The number of alkyl halides is 3. The second-order valence-electron chi connectivity index (χ2n) is 8.45. The van der Waals surface area contributed by atoms with E-state index < -0.39 is 23.7 Å². The van der Waals surface area contributed by atoms with Crippen LogP contribution in [0.1, 0.15) is 28.5 Å². The first-order valence-corrected chi connectivity index (χ1v) is 12.8. The van der Waals surface area contributed by atoms with Crippen molar-refractivity contribution in [3.63, 3.8) is 0 Å². The van der Waals surface area contributed by atoms with Gasteiger partial charge in [-0.25, -0.2) is 9.80 Å². The van der Waals surface area contributed by atoms with E-state index in [9.17, 15) is 22.8 Å². The molecule has 1 atom stereocenters. The number of rotatable bonds is 8. The second-order valence-corrected chi connectivity index (χ2v) is 9.84. The van der Waals surface area contributed by atoms with Crippen LogP contribution in [0.4, 0.5) is 23.7 Å². The van der Waals surface area contributed by atoms with Crippen molar-refractivity contribution in [3.05, 3.63) is 87.1 Å². The van der Waals surface area contributed by atoms with Crippen molar-refractivity contribution in [1.82, 2.24) is 9.91 Å². The lowest BCUT2D eigenvalue weighted by Crippen LogP contribution is -2.44. The number of methoxy groups -OCH3 is 1. The molecular formula is C26H24ClF3N4O3S. The number of anilines is 1. The van der Waals surface area contributed by atoms with E-state index in [1.165, 1.54) is 28.4 Å². The summed E-state index contributed by atoms with van der Waals surface area (Å²) in [5.74, 6) is -0.421. The van der Waals surface area contributed by atoms with Gasteiger partial charge in [0.2, 0.25) is 0 Å². The van der Waals surface area contributed by atoms with Gasteiger partial charge in [0.25, 0.3) is 5.91 Å². The van der Waals surface area contributed by atoms with Gasteiger partial charge in [-0.3, -0.25) is 4.79 Å². The number of hydrogen-bond acceptors (Lipinski definition) is 5. The Bertz CT molecular complexity index is 1280. The Hall–Kier alpha value is -3.41. The molecule has 0 fully saturated rings. The molecule has 7 nitrogen and oxygen atoms in total. The fourth-order valence-corrected chi connectivity index (χ4v) is 4.76. The molecule has 0 saturated heterocycles. The van der Waals surface area contributed by atoms with Crippen LogP contribution >= 0.6 is 22.9 Å². The van der Waals surface area contributed by atoms with E-state index in [1.54, 1.807) is 12.1 Å². The number of halogens is 4. The van der Waals surface area contributed by atoms with Gasteiger partial charge in [0, 0.05) is 30.8 Å². The summed E-state index contributed by atoms with van der Waals surface area (Å²) in [5.41, 5.74) is 0.932. The van der Waals surface area contributed by atoms with Gasteiger partial charge in [-0.1, -0.05) is 29.8 Å². The number of hydrogen-bond donors (Lipinski definition) is 1. The quantitative estimate of drug-likeness (QED) is 0.350. The van der Waals surface area contributed by atoms with Crippen LogP contribution in [0.15, 0.2) is 71.1 Å². The van der Waals surface area contributed by atoms with Crippen LogP contribution in [0, 0.1) is 0 Å². The molecule has 1 aliphatic heterocycles. The number of ether oxygens (including phenoxy) is 1. The molecule has 1 aromatic heterocycles. The van der Waals surface area contributed by atoms with Gasteiger partial charge in [-0.05, 0) is 53.4 Å². The number of hydrazone groups is 1. The van der Waals surface area contributed by atoms with Crippen LogP contribution < -0.4 is 5.32 Å². The third kappa shape index (κ3) is 6.72. The number of nitrogens with one attached hydrogen (secondary N) is 1. The average Bonchev–Trinajstić information content (AvgIpc) is 3.57. The highest BCUT2D eigenvalue weighted by atomic mass is 35.5. The third-order valence-electron chi connectivity index (χ3n) is 5.87. The number of carbonyl (C=O) groups excluding carboxylic acids is 2. The van der Waals surface area contributed by atoms with Crippen LogP contribution in [0.25, 0.3) is 0 Å². The molecule has 12 heteroatoms. The van der Waals surface area contributed by atoms with Crippen molar-refractivity contribution in [2.45, 2.75) is 18.6 Å². The lowest BCUT2D eigenvalue weighted by Gasteiger charge is -2.27. The molecule has 1 unspecified atom stereocenters. The molecule has 0 bridgehead atoms. The fraction of sp³-hybridized carbons (Fsp3) is 0.269. The molecule has 0 radical (unpaired) electrons. The first-order valence-electron chi connectivity index (χ1n) is 11.6. The lowest BCUT2D eigenvalue weighted by atomic mass is 10.0. The minimum absolute atomic E-state index is 0.0790. The molecule has 2 heterocycles. The van der Waals surface area contributed by atoms with E-state index >= 15 is 0 Å². The van der Waals surface area contributed by atoms with Crippen molar-refractivity contribution < 1.29 is 27.5 Å². The zero-order valence-corrected chi connectivity index (χ0v) is 21.8. The van der Waals surface area contributed by atoms with Gasteiger partial charge in [0.05, 0.1) is 28.8 Å². The van der Waals surface area contributed by atoms with Crippen LogP contribution in [0.5, 0.6) is 0 Å². The van der Waals surface area contributed by atoms with Crippen LogP contribution in [-0.4, -0.2) is 54.4 Å². The number of urea groups is 1. The van der Waals surface area contributed by atoms with E-state index in [4.69, 9.17) is 16.3 Å². The van der Waals surface area contributed by atoms with Gasteiger partial charge in [-0.15, -0.1) is 11.3 Å².